The molecule has 0 aromatic rings. The minimum Gasteiger partial charge on any atom is -0.0622 e. The van der Waals surface area contributed by atoms with Gasteiger partial charge in [0.25, 0.3) is 0 Å². The van der Waals surface area contributed by atoms with E-state index in [-0.39, 0.29) is 0 Å². The van der Waals surface area contributed by atoms with Crippen LogP contribution in [0.2, 0.25) is 0 Å². The summed E-state index contributed by atoms with van der Waals surface area (Å²) in [5.41, 5.74) is 0. The molecule has 2 rings (SSSR count). The third-order valence-electron chi connectivity index (χ3n) is 4.93. The van der Waals surface area contributed by atoms with Crippen LogP contribution in [0, 0.1) is 17.8 Å². The van der Waals surface area contributed by atoms with E-state index in [4.69, 9.17) is 0 Å². The summed E-state index contributed by atoms with van der Waals surface area (Å²) in [4.78, 5) is 0. The van der Waals surface area contributed by atoms with Gasteiger partial charge in [-0.1, -0.05) is 71.1 Å². The maximum atomic E-state index is 2.53. The molecule has 2 atom stereocenters. The number of hydrogen-bond acceptors (Lipinski definition) is 0. The SMILES string of the molecule is CC1CCCCCC1C1CCCCCC1. The summed E-state index contributed by atoms with van der Waals surface area (Å²) in [6, 6.07) is 0. The standard InChI is InChI=1S/C15H28/c1-13-9-5-4-8-12-15(13)14-10-6-2-3-7-11-14/h13-15H,2-12H2,1H3. The van der Waals surface area contributed by atoms with Crippen LogP contribution < -0.4 is 0 Å². The summed E-state index contributed by atoms with van der Waals surface area (Å²) in [5.74, 6) is 3.21. The first kappa shape index (κ1) is 11.5. The lowest BCUT2D eigenvalue weighted by Crippen LogP contribution is -2.20. The van der Waals surface area contributed by atoms with Crippen molar-refractivity contribution in [2.75, 3.05) is 0 Å². The fraction of sp³-hybridized carbons (Fsp3) is 1.00. The zero-order valence-corrected chi connectivity index (χ0v) is 10.5. The van der Waals surface area contributed by atoms with Gasteiger partial charge >= 0.3 is 0 Å². The van der Waals surface area contributed by atoms with E-state index in [2.05, 4.69) is 6.92 Å². The van der Waals surface area contributed by atoms with Gasteiger partial charge in [0.15, 0.2) is 0 Å². The minimum atomic E-state index is 1.02. The highest BCUT2D eigenvalue weighted by atomic mass is 14.3. The molecule has 2 saturated carbocycles. The summed E-state index contributed by atoms with van der Waals surface area (Å²) >= 11 is 0. The van der Waals surface area contributed by atoms with Crippen LogP contribution in [0.25, 0.3) is 0 Å². The minimum absolute atomic E-state index is 1.02. The van der Waals surface area contributed by atoms with E-state index in [1.54, 1.807) is 19.3 Å². The van der Waals surface area contributed by atoms with Gasteiger partial charge in [-0.05, 0) is 24.2 Å². The second kappa shape index (κ2) is 5.92. The van der Waals surface area contributed by atoms with Gasteiger partial charge in [-0.3, -0.25) is 0 Å². The summed E-state index contributed by atoms with van der Waals surface area (Å²) in [6.07, 6.45) is 16.8. The molecule has 0 bridgehead atoms. The molecule has 0 amide bonds. The van der Waals surface area contributed by atoms with Crippen molar-refractivity contribution in [2.24, 2.45) is 17.8 Å². The fourth-order valence-corrected chi connectivity index (χ4v) is 3.96. The third kappa shape index (κ3) is 3.23. The molecular weight excluding hydrogens is 180 g/mol. The van der Waals surface area contributed by atoms with Gasteiger partial charge in [0.05, 0.1) is 0 Å². The number of hydrogen-bond donors (Lipinski definition) is 0. The van der Waals surface area contributed by atoms with E-state index in [9.17, 15) is 0 Å². The van der Waals surface area contributed by atoms with E-state index in [0.717, 1.165) is 17.8 Å². The first-order valence-electron chi connectivity index (χ1n) is 7.38. The molecule has 0 spiro atoms. The van der Waals surface area contributed by atoms with E-state index < -0.39 is 0 Å². The van der Waals surface area contributed by atoms with Gasteiger partial charge in [0.2, 0.25) is 0 Å². The summed E-state index contributed by atoms with van der Waals surface area (Å²) in [6.45, 7) is 2.53. The maximum Gasteiger partial charge on any atom is -0.0360 e. The van der Waals surface area contributed by atoms with E-state index >= 15 is 0 Å². The molecule has 0 heterocycles. The maximum absolute atomic E-state index is 2.53. The van der Waals surface area contributed by atoms with Crippen LogP contribution in [0.1, 0.15) is 77.6 Å². The molecule has 2 unspecified atom stereocenters. The molecular formula is C15H28. The van der Waals surface area contributed by atoms with Gasteiger partial charge in [-0.2, -0.15) is 0 Å². The lowest BCUT2D eigenvalue weighted by molar-refractivity contribution is 0.205. The molecule has 88 valence electrons. The highest BCUT2D eigenvalue weighted by Gasteiger charge is 2.28. The fourth-order valence-electron chi connectivity index (χ4n) is 3.96. The second-order valence-corrected chi connectivity index (χ2v) is 6.03. The van der Waals surface area contributed by atoms with Crippen LogP contribution in [0.15, 0.2) is 0 Å². The summed E-state index contributed by atoms with van der Waals surface area (Å²) < 4.78 is 0. The monoisotopic (exact) mass is 208 g/mol. The molecule has 0 heteroatoms. The first-order valence-corrected chi connectivity index (χ1v) is 7.38. The van der Waals surface area contributed by atoms with Crippen LogP contribution in [-0.2, 0) is 0 Å². The quantitative estimate of drug-likeness (QED) is 0.521. The lowest BCUT2D eigenvalue weighted by atomic mass is 9.76. The Balaban J connectivity index is 1.92. The van der Waals surface area contributed by atoms with E-state index in [1.807, 2.05) is 0 Å². The second-order valence-electron chi connectivity index (χ2n) is 6.03. The van der Waals surface area contributed by atoms with Crippen LogP contribution in [0.4, 0.5) is 0 Å². The summed E-state index contributed by atoms with van der Waals surface area (Å²) in [7, 11) is 0. The van der Waals surface area contributed by atoms with Crippen molar-refractivity contribution in [1.82, 2.24) is 0 Å². The van der Waals surface area contributed by atoms with Gasteiger partial charge in [-0.15, -0.1) is 0 Å². The molecule has 2 aliphatic rings. The van der Waals surface area contributed by atoms with Crippen molar-refractivity contribution in [1.29, 1.82) is 0 Å². The molecule has 0 aliphatic heterocycles. The molecule has 0 saturated heterocycles. The van der Waals surface area contributed by atoms with Gasteiger partial charge in [-0.25, -0.2) is 0 Å². The van der Waals surface area contributed by atoms with Crippen molar-refractivity contribution in [3.05, 3.63) is 0 Å². The first-order chi connectivity index (χ1) is 7.38. The van der Waals surface area contributed by atoms with Crippen molar-refractivity contribution < 1.29 is 0 Å². The Morgan fingerprint density at radius 2 is 1.13 bits per heavy atom. The Morgan fingerprint density at radius 1 is 0.600 bits per heavy atom. The van der Waals surface area contributed by atoms with Crippen LogP contribution in [-0.4, -0.2) is 0 Å². The predicted molar refractivity (Wildman–Crippen MR) is 66.9 cm³/mol. The van der Waals surface area contributed by atoms with Crippen molar-refractivity contribution in [3.63, 3.8) is 0 Å². The Bertz CT molecular complexity index is 165. The third-order valence-corrected chi connectivity index (χ3v) is 4.93. The Kier molecular flexibility index (Phi) is 4.53. The molecule has 2 fully saturated rings. The molecule has 0 radical (unpaired) electrons. The van der Waals surface area contributed by atoms with Crippen molar-refractivity contribution in [2.45, 2.75) is 77.6 Å². The van der Waals surface area contributed by atoms with Crippen LogP contribution in [0.3, 0.4) is 0 Å². The predicted octanol–water partition coefficient (Wildman–Crippen LogP) is 5.17. The van der Waals surface area contributed by atoms with Gasteiger partial charge in [0.1, 0.15) is 0 Å². The highest BCUT2D eigenvalue weighted by Crippen LogP contribution is 2.39. The molecule has 0 aromatic heterocycles. The Hall–Kier alpha value is 0. The average Bonchev–Trinajstić information content (AvgIpc) is 2.59. The van der Waals surface area contributed by atoms with Crippen molar-refractivity contribution in [3.8, 4) is 0 Å². The Morgan fingerprint density at radius 3 is 1.87 bits per heavy atom. The van der Waals surface area contributed by atoms with Gasteiger partial charge in [0, 0.05) is 0 Å². The largest absolute Gasteiger partial charge is 0.0622 e. The topological polar surface area (TPSA) is 0 Å². The molecule has 0 aromatic carbocycles. The lowest BCUT2D eigenvalue weighted by Gasteiger charge is -2.30. The zero-order valence-electron chi connectivity index (χ0n) is 10.5. The highest BCUT2D eigenvalue weighted by molar-refractivity contribution is 4.79. The normalized spacial score (nSPS) is 35.8. The van der Waals surface area contributed by atoms with Crippen LogP contribution in [0.5, 0.6) is 0 Å². The number of rotatable bonds is 1. The molecule has 2 aliphatic carbocycles. The molecule has 15 heavy (non-hydrogen) atoms. The summed E-state index contributed by atoms with van der Waals surface area (Å²) in [5, 5.41) is 0. The van der Waals surface area contributed by atoms with Crippen LogP contribution >= 0.6 is 0 Å². The molecule has 0 nitrogen and oxygen atoms in total. The Labute approximate surface area is 95.8 Å². The van der Waals surface area contributed by atoms with E-state index in [1.165, 1.54) is 51.4 Å². The van der Waals surface area contributed by atoms with E-state index in [0.29, 0.717) is 0 Å². The smallest absolute Gasteiger partial charge is 0.0360 e. The zero-order chi connectivity index (χ0) is 10.5. The van der Waals surface area contributed by atoms with Gasteiger partial charge < -0.3 is 0 Å². The average molecular weight is 208 g/mol. The molecule has 0 N–H and O–H groups in total. The van der Waals surface area contributed by atoms with Crippen molar-refractivity contribution >= 4 is 0 Å².